The summed E-state index contributed by atoms with van der Waals surface area (Å²) in [6.07, 6.45) is 5.16. The van der Waals surface area contributed by atoms with Crippen LogP contribution in [0.2, 0.25) is 20.1 Å². The van der Waals surface area contributed by atoms with Crippen LogP contribution in [0.3, 0.4) is 0 Å². The van der Waals surface area contributed by atoms with Crippen molar-refractivity contribution in [3.63, 3.8) is 0 Å². The van der Waals surface area contributed by atoms with E-state index < -0.39 is 47.5 Å². The van der Waals surface area contributed by atoms with E-state index in [1.807, 2.05) is 0 Å². The number of carbonyl (C=O) groups is 5. The zero-order valence-corrected chi connectivity index (χ0v) is 35.9. The summed E-state index contributed by atoms with van der Waals surface area (Å²) in [6, 6.07) is 12.0. The number of nitrogens with one attached hydrogen (secondary N) is 3. The van der Waals surface area contributed by atoms with Gasteiger partial charge in [-0.05, 0) is 76.4 Å². The standard InChI is InChI=1S/C22H25Cl2N3O5.C17H17Cl2N3O3.ClH/c1-5-31-20(29)17(27-21(30)32-22(2,3)4)10-13-6-8-14(9-7-13)26-19(28)18-15(23)11-25-12-16(18)24;1-2-25-17(24)14(20)7-10-3-5-11(6-4-10)22-16(23)15-12(18)8-21-9-13(15)19;/h6-9,11-12,17H,5,10H2,1-4H3,(H,26,28)(H,27,30);3-6,8-9,14H,2,7,20H2,1H3,(H,22,23);1H/t17-;14-;/m11./s1. The zero-order chi connectivity index (χ0) is 42.3. The summed E-state index contributed by atoms with van der Waals surface area (Å²) in [4.78, 5) is 68.4. The molecule has 0 radical (unpaired) electrons. The van der Waals surface area contributed by atoms with Gasteiger partial charge in [-0.3, -0.25) is 24.4 Å². The molecule has 2 aromatic heterocycles. The van der Waals surface area contributed by atoms with Gasteiger partial charge in [-0.1, -0.05) is 70.7 Å². The molecule has 0 bridgehead atoms. The van der Waals surface area contributed by atoms with Crippen LogP contribution < -0.4 is 21.7 Å². The molecule has 19 heteroatoms. The van der Waals surface area contributed by atoms with E-state index in [2.05, 4.69) is 25.9 Å². The molecule has 0 aliphatic rings. The average molecular weight is 901 g/mol. The molecule has 0 spiro atoms. The first kappa shape index (κ1) is 49.4. The molecule has 2 heterocycles. The van der Waals surface area contributed by atoms with Crippen LogP contribution in [0.1, 0.15) is 66.5 Å². The van der Waals surface area contributed by atoms with Crippen molar-refractivity contribution in [2.24, 2.45) is 5.73 Å². The number of hydrogen-bond acceptors (Lipinski definition) is 11. The molecule has 0 aliphatic heterocycles. The SMILES string of the molecule is CCOC(=O)[C@@H](Cc1ccc(NC(=O)c2c(Cl)cncc2Cl)cc1)NC(=O)OC(C)(C)C.CCOC(=O)[C@H](N)Cc1ccc(NC(=O)c2c(Cl)cncc2Cl)cc1.Cl. The van der Waals surface area contributed by atoms with Crippen LogP contribution in [0.25, 0.3) is 0 Å². The minimum atomic E-state index is -0.931. The Kier molecular flexibility index (Phi) is 20.2. The molecule has 14 nitrogen and oxygen atoms in total. The largest absolute Gasteiger partial charge is 0.465 e. The lowest BCUT2D eigenvalue weighted by atomic mass is 10.1. The van der Waals surface area contributed by atoms with Crippen molar-refractivity contribution in [2.75, 3.05) is 23.8 Å². The molecular weight excluding hydrogens is 858 g/mol. The second-order valence-corrected chi connectivity index (χ2v) is 14.6. The summed E-state index contributed by atoms with van der Waals surface area (Å²) in [6.45, 7) is 9.06. The number of nitrogens with zero attached hydrogens (tertiary/aromatic N) is 2. The first-order valence-electron chi connectivity index (χ1n) is 17.4. The molecule has 4 aromatic rings. The van der Waals surface area contributed by atoms with Crippen LogP contribution in [0.5, 0.6) is 0 Å². The van der Waals surface area contributed by atoms with Crippen LogP contribution in [0.4, 0.5) is 16.2 Å². The second kappa shape index (κ2) is 23.6. The molecule has 2 atom stereocenters. The van der Waals surface area contributed by atoms with Gasteiger partial charge in [0, 0.05) is 42.6 Å². The molecule has 0 saturated heterocycles. The fourth-order valence-electron chi connectivity index (χ4n) is 4.80. The molecule has 0 aliphatic carbocycles. The van der Waals surface area contributed by atoms with Gasteiger partial charge in [-0.2, -0.15) is 0 Å². The lowest BCUT2D eigenvalue weighted by Gasteiger charge is -2.23. The maximum Gasteiger partial charge on any atom is 0.408 e. The number of nitrogens with two attached hydrogens (primary N) is 1. The van der Waals surface area contributed by atoms with Gasteiger partial charge in [-0.15, -0.1) is 12.4 Å². The van der Waals surface area contributed by atoms with Gasteiger partial charge in [0.1, 0.15) is 17.7 Å². The molecule has 5 N–H and O–H groups in total. The number of anilines is 2. The normalized spacial score (nSPS) is 11.6. The molecule has 2 aromatic carbocycles. The molecular formula is C39H43Cl5N6O8. The quantitative estimate of drug-likeness (QED) is 0.0746. The van der Waals surface area contributed by atoms with Crippen LogP contribution in [0.15, 0.2) is 73.3 Å². The van der Waals surface area contributed by atoms with E-state index in [4.69, 9.17) is 66.3 Å². The Morgan fingerprint density at radius 3 is 1.41 bits per heavy atom. The number of esters is 2. The number of rotatable bonds is 13. The Morgan fingerprint density at radius 2 is 1.03 bits per heavy atom. The van der Waals surface area contributed by atoms with Crippen LogP contribution >= 0.6 is 58.8 Å². The maximum absolute atomic E-state index is 12.5. The second-order valence-electron chi connectivity index (χ2n) is 13.0. The highest BCUT2D eigenvalue weighted by Crippen LogP contribution is 2.26. The Balaban J connectivity index is 0.000000405. The minimum absolute atomic E-state index is 0. The number of hydrogen-bond donors (Lipinski definition) is 4. The highest BCUT2D eigenvalue weighted by atomic mass is 35.5. The third-order valence-electron chi connectivity index (χ3n) is 7.33. The highest BCUT2D eigenvalue weighted by molar-refractivity contribution is 6.41. The first-order valence-corrected chi connectivity index (χ1v) is 18.9. The maximum atomic E-state index is 12.5. The van der Waals surface area contributed by atoms with E-state index in [9.17, 15) is 24.0 Å². The van der Waals surface area contributed by atoms with E-state index in [0.29, 0.717) is 17.8 Å². The number of ether oxygens (including phenoxy) is 3. The van der Waals surface area contributed by atoms with Crippen LogP contribution in [0, 0.1) is 0 Å². The van der Waals surface area contributed by atoms with Crippen molar-refractivity contribution in [2.45, 2.75) is 65.1 Å². The fraction of sp³-hybridized carbons (Fsp3) is 0.308. The van der Waals surface area contributed by atoms with E-state index >= 15 is 0 Å². The van der Waals surface area contributed by atoms with E-state index in [0.717, 1.165) is 11.1 Å². The predicted molar refractivity (Wildman–Crippen MR) is 226 cm³/mol. The van der Waals surface area contributed by atoms with Crippen molar-refractivity contribution in [3.05, 3.63) is 116 Å². The number of carbonyl (C=O) groups excluding carboxylic acids is 5. The monoisotopic (exact) mass is 898 g/mol. The van der Waals surface area contributed by atoms with Gasteiger partial charge in [0.15, 0.2) is 0 Å². The molecule has 0 fully saturated rings. The Morgan fingerprint density at radius 1 is 0.655 bits per heavy atom. The Hall–Kier alpha value is -4.70. The van der Waals surface area contributed by atoms with Crippen molar-refractivity contribution < 1.29 is 38.2 Å². The van der Waals surface area contributed by atoms with Gasteiger partial charge in [0.25, 0.3) is 11.8 Å². The third kappa shape index (κ3) is 15.9. The lowest BCUT2D eigenvalue weighted by molar-refractivity contribution is -0.146. The number of amides is 3. The van der Waals surface area contributed by atoms with Crippen molar-refractivity contribution >= 4 is 100 Å². The average Bonchev–Trinajstić information content (AvgIpc) is 3.12. The molecule has 0 saturated carbocycles. The zero-order valence-electron chi connectivity index (χ0n) is 32.1. The van der Waals surface area contributed by atoms with Gasteiger partial charge in [-0.25, -0.2) is 9.59 Å². The number of halogens is 5. The molecule has 3 amide bonds. The number of pyridine rings is 2. The number of aromatic nitrogens is 2. The van der Waals surface area contributed by atoms with Crippen molar-refractivity contribution in [1.29, 1.82) is 0 Å². The fourth-order valence-corrected chi connectivity index (χ4v) is 5.87. The lowest BCUT2D eigenvalue weighted by Crippen LogP contribution is -2.45. The number of benzene rings is 2. The molecule has 4 rings (SSSR count). The van der Waals surface area contributed by atoms with E-state index in [-0.39, 0.29) is 63.3 Å². The van der Waals surface area contributed by atoms with Gasteiger partial charge in [0.2, 0.25) is 0 Å². The summed E-state index contributed by atoms with van der Waals surface area (Å²) in [5.74, 6) is -1.93. The number of alkyl carbamates (subject to hydrolysis) is 1. The van der Waals surface area contributed by atoms with Crippen molar-refractivity contribution in [1.82, 2.24) is 15.3 Å². The highest BCUT2D eigenvalue weighted by Gasteiger charge is 2.26. The summed E-state index contributed by atoms with van der Waals surface area (Å²) in [5, 5.41) is 8.57. The summed E-state index contributed by atoms with van der Waals surface area (Å²) < 4.78 is 15.2. The van der Waals surface area contributed by atoms with Crippen molar-refractivity contribution in [3.8, 4) is 0 Å². The van der Waals surface area contributed by atoms with Gasteiger partial charge in [0.05, 0.1) is 44.4 Å². The van der Waals surface area contributed by atoms with Gasteiger partial charge < -0.3 is 35.9 Å². The minimum Gasteiger partial charge on any atom is -0.465 e. The Bertz CT molecular complexity index is 1990. The molecule has 58 heavy (non-hydrogen) atoms. The van der Waals surface area contributed by atoms with E-state index in [1.165, 1.54) is 24.8 Å². The smallest absolute Gasteiger partial charge is 0.408 e. The molecule has 312 valence electrons. The first-order chi connectivity index (χ1) is 26.9. The topological polar surface area (TPSA) is 201 Å². The summed E-state index contributed by atoms with van der Waals surface area (Å²) in [5.41, 5.74) is 7.99. The summed E-state index contributed by atoms with van der Waals surface area (Å²) >= 11 is 24.0. The predicted octanol–water partition coefficient (Wildman–Crippen LogP) is 8.14. The summed E-state index contributed by atoms with van der Waals surface area (Å²) in [7, 11) is 0. The van der Waals surface area contributed by atoms with Crippen LogP contribution in [-0.4, -0.2) is 70.7 Å². The Labute approximate surface area is 362 Å². The molecule has 0 unspecified atom stereocenters. The van der Waals surface area contributed by atoms with E-state index in [1.54, 1.807) is 83.1 Å². The van der Waals surface area contributed by atoms with Crippen LogP contribution in [-0.2, 0) is 36.6 Å². The van der Waals surface area contributed by atoms with Gasteiger partial charge >= 0.3 is 18.0 Å². The third-order valence-corrected chi connectivity index (χ3v) is 8.48.